The van der Waals surface area contributed by atoms with E-state index in [-0.39, 0.29) is 24.9 Å². The lowest BCUT2D eigenvalue weighted by Gasteiger charge is -2.27. The predicted octanol–water partition coefficient (Wildman–Crippen LogP) is -0.0150. The highest BCUT2D eigenvalue weighted by atomic mass is 32.1. The van der Waals surface area contributed by atoms with E-state index in [1.54, 1.807) is 18.4 Å². The number of fused-ring (bicyclic) bond motifs is 1. The number of ether oxygens (including phenoxy) is 1. The Morgan fingerprint density at radius 1 is 1.43 bits per heavy atom. The summed E-state index contributed by atoms with van der Waals surface area (Å²) in [6, 6.07) is 2.08. The number of amides is 2. The maximum atomic E-state index is 12.1. The molecule has 0 radical (unpaired) electrons. The van der Waals surface area contributed by atoms with Crippen molar-refractivity contribution in [3.63, 3.8) is 0 Å². The monoisotopic (exact) mass is 311 g/mol. The smallest absolute Gasteiger partial charge is 0.236 e. The number of carbonyl (C=O) groups is 2. The Morgan fingerprint density at radius 2 is 2.29 bits per heavy atom. The van der Waals surface area contributed by atoms with Crippen LogP contribution in [0.3, 0.4) is 0 Å². The molecule has 1 aliphatic rings. The van der Waals surface area contributed by atoms with Crippen LogP contribution in [0.25, 0.3) is 0 Å². The van der Waals surface area contributed by atoms with Gasteiger partial charge in [-0.3, -0.25) is 14.9 Å². The molecule has 0 aromatic carbocycles. The van der Waals surface area contributed by atoms with Crippen molar-refractivity contribution in [3.8, 4) is 0 Å². The molecule has 1 aliphatic heterocycles. The Morgan fingerprint density at radius 3 is 3.10 bits per heavy atom. The summed E-state index contributed by atoms with van der Waals surface area (Å²) >= 11 is 1.75. The summed E-state index contributed by atoms with van der Waals surface area (Å²) in [5, 5.41) is 7.65. The molecule has 0 saturated carbocycles. The normalized spacial score (nSPS) is 13.9. The summed E-state index contributed by atoms with van der Waals surface area (Å²) in [6.07, 6.45) is 0.927. The van der Waals surface area contributed by atoms with E-state index in [1.165, 1.54) is 10.4 Å². The van der Waals surface area contributed by atoms with Crippen LogP contribution in [0, 0.1) is 0 Å². The molecule has 0 aliphatic carbocycles. The van der Waals surface area contributed by atoms with Crippen LogP contribution in [-0.2, 0) is 27.3 Å². The number of nitrogens with one attached hydrogen (secondary N) is 2. The third kappa shape index (κ3) is 4.80. The Balaban J connectivity index is 1.65. The van der Waals surface area contributed by atoms with Crippen LogP contribution in [0.2, 0.25) is 0 Å². The Bertz CT molecular complexity index is 490. The second-order valence-corrected chi connectivity index (χ2v) is 5.88. The maximum Gasteiger partial charge on any atom is 0.236 e. The first kappa shape index (κ1) is 15.9. The fourth-order valence-corrected chi connectivity index (χ4v) is 3.10. The van der Waals surface area contributed by atoms with E-state index in [0.717, 1.165) is 13.0 Å². The quantitative estimate of drug-likeness (QED) is 0.695. The van der Waals surface area contributed by atoms with Gasteiger partial charge in [-0.1, -0.05) is 0 Å². The number of hydrogen-bond acceptors (Lipinski definition) is 5. The van der Waals surface area contributed by atoms with Gasteiger partial charge in [0.15, 0.2) is 0 Å². The van der Waals surface area contributed by atoms with Crippen molar-refractivity contribution in [2.75, 3.05) is 39.9 Å². The van der Waals surface area contributed by atoms with Gasteiger partial charge in [-0.05, 0) is 23.4 Å². The zero-order valence-corrected chi connectivity index (χ0v) is 13.0. The van der Waals surface area contributed by atoms with E-state index < -0.39 is 0 Å². The van der Waals surface area contributed by atoms with E-state index in [2.05, 4.69) is 22.1 Å². The van der Waals surface area contributed by atoms with Crippen molar-refractivity contribution in [3.05, 3.63) is 21.9 Å². The first-order valence-corrected chi connectivity index (χ1v) is 7.88. The van der Waals surface area contributed by atoms with Crippen LogP contribution < -0.4 is 10.6 Å². The average molecular weight is 311 g/mol. The summed E-state index contributed by atoms with van der Waals surface area (Å²) < 4.78 is 4.84. The third-order valence-corrected chi connectivity index (χ3v) is 4.37. The van der Waals surface area contributed by atoms with Gasteiger partial charge in [0.2, 0.25) is 11.8 Å². The first-order chi connectivity index (χ1) is 10.2. The lowest BCUT2D eigenvalue weighted by atomic mass is 10.1. The van der Waals surface area contributed by atoms with Crippen molar-refractivity contribution in [1.82, 2.24) is 15.5 Å². The topological polar surface area (TPSA) is 70.7 Å². The van der Waals surface area contributed by atoms with Crippen LogP contribution in [0.15, 0.2) is 11.4 Å². The Hall–Kier alpha value is -1.44. The second-order valence-electron chi connectivity index (χ2n) is 4.88. The molecule has 2 amide bonds. The molecule has 0 bridgehead atoms. The van der Waals surface area contributed by atoms with Crippen molar-refractivity contribution < 1.29 is 14.3 Å². The first-order valence-electron chi connectivity index (χ1n) is 7.00. The summed E-state index contributed by atoms with van der Waals surface area (Å²) in [7, 11) is 1.58. The highest BCUT2D eigenvalue weighted by molar-refractivity contribution is 7.10. The average Bonchev–Trinajstić information content (AvgIpc) is 2.94. The van der Waals surface area contributed by atoms with Gasteiger partial charge in [0.25, 0.3) is 0 Å². The molecule has 1 aromatic heterocycles. The molecule has 1 aromatic rings. The second kappa shape index (κ2) is 8.11. The van der Waals surface area contributed by atoms with Crippen LogP contribution in [0.4, 0.5) is 0 Å². The van der Waals surface area contributed by atoms with Crippen LogP contribution >= 0.6 is 11.3 Å². The Kier molecular flexibility index (Phi) is 6.16. The lowest BCUT2D eigenvalue weighted by molar-refractivity contribution is -0.131. The summed E-state index contributed by atoms with van der Waals surface area (Å²) in [4.78, 5) is 26.8. The van der Waals surface area contributed by atoms with Gasteiger partial charge in [-0.15, -0.1) is 11.3 Å². The molecule has 2 heterocycles. The van der Waals surface area contributed by atoms with Gasteiger partial charge < -0.3 is 15.0 Å². The van der Waals surface area contributed by atoms with E-state index in [9.17, 15) is 9.59 Å². The zero-order chi connectivity index (χ0) is 15.1. The summed E-state index contributed by atoms with van der Waals surface area (Å²) in [5.41, 5.74) is 1.25. The Labute approximate surface area is 128 Å². The molecular weight excluding hydrogens is 290 g/mol. The zero-order valence-electron chi connectivity index (χ0n) is 12.2. The lowest BCUT2D eigenvalue weighted by Crippen LogP contribution is -2.43. The fourth-order valence-electron chi connectivity index (χ4n) is 2.21. The summed E-state index contributed by atoms with van der Waals surface area (Å²) in [6.45, 7) is 2.75. The molecule has 116 valence electrons. The fraction of sp³-hybridized carbons (Fsp3) is 0.571. The standard InChI is InChI=1S/C14H21N3O3S/c1-20-6-4-16-13(18)8-15-9-14(19)17-5-2-12-11(10-17)3-7-21-12/h3,7,15H,2,4-6,8-10H2,1H3,(H,16,18). The largest absolute Gasteiger partial charge is 0.383 e. The minimum atomic E-state index is -0.126. The molecule has 0 fully saturated rings. The van der Waals surface area contributed by atoms with Gasteiger partial charge >= 0.3 is 0 Å². The van der Waals surface area contributed by atoms with Crippen LogP contribution in [0.1, 0.15) is 10.4 Å². The van der Waals surface area contributed by atoms with Crippen molar-refractivity contribution >= 4 is 23.2 Å². The van der Waals surface area contributed by atoms with E-state index in [0.29, 0.717) is 19.7 Å². The number of carbonyl (C=O) groups excluding carboxylic acids is 2. The molecule has 7 heteroatoms. The van der Waals surface area contributed by atoms with Gasteiger partial charge in [0.05, 0.1) is 19.7 Å². The van der Waals surface area contributed by atoms with Gasteiger partial charge in [0, 0.05) is 31.6 Å². The van der Waals surface area contributed by atoms with Crippen molar-refractivity contribution in [2.45, 2.75) is 13.0 Å². The molecule has 0 atom stereocenters. The number of nitrogens with zero attached hydrogens (tertiary/aromatic N) is 1. The molecule has 2 N–H and O–H groups in total. The van der Waals surface area contributed by atoms with E-state index in [1.807, 2.05) is 4.90 Å². The van der Waals surface area contributed by atoms with Crippen LogP contribution in [-0.4, -0.2) is 56.6 Å². The SMILES string of the molecule is COCCNC(=O)CNCC(=O)N1CCc2sccc2C1. The molecule has 0 saturated heterocycles. The number of methoxy groups -OCH3 is 1. The predicted molar refractivity (Wildman–Crippen MR) is 81.2 cm³/mol. The molecule has 21 heavy (non-hydrogen) atoms. The molecule has 0 spiro atoms. The van der Waals surface area contributed by atoms with Crippen molar-refractivity contribution in [2.24, 2.45) is 0 Å². The minimum absolute atomic E-state index is 0.0385. The highest BCUT2D eigenvalue weighted by Gasteiger charge is 2.20. The summed E-state index contributed by atoms with van der Waals surface area (Å²) in [5.74, 6) is -0.0878. The van der Waals surface area contributed by atoms with Crippen molar-refractivity contribution in [1.29, 1.82) is 0 Å². The molecular formula is C14H21N3O3S. The number of rotatable bonds is 7. The van der Waals surface area contributed by atoms with Gasteiger partial charge in [-0.2, -0.15) is 0 Å². The third-order valence-electron chi connectivity index (χ3n) is 3.35. The highest BCUT2D eigenvalue weighted by Crippen LogP contribution is 2.23. The van der Waals surface area contributed by atoms with Gasteiger partial charge in [0.1, 0.15) is 0 Å². The molecule has 6 nitrogen and oxygen atoms in total. The van der Waals surface area contributed by atoms with E-state index in [4.69, 9.17) is 4.74 Å². The number of thiophene rings is 1. The maximum absolute atomic E-state index is 12.1. The van der Waals surface area contributed by atoms with Crippen LogP contribution in [0.5, 0.6) is 0 Å². The van der Waals surface area contributed by atoms with E-state index >= 15 is 0 Å². The number of hydrogen-bond donors (Lipinski definition) is 2. The molecule has 0 unspecified atom stereocenters. The molecule has 2 rings (SSSR count). The minimum Gasteiger partial charge on any atom is -0.383 e. The van der Waals surface area contributed by atoms with Gasteiger partial charge in [-0.25, -0.2) is 0 Å².